The van der Waals surface area contributed by atoms with Gasteiger partial charge in [0, 0.05) is 30.5 Å². The van der Waals surface area contributed by atoms with E-state index < -0.39 is 18.2 Å². The van der Waals surface area contributed by atoms with Crippen LogP contribution < -0.4 is 0 Å². The standard InChI is InChI=1S/C21H26F2N2O4/c1-3-27-20(26)16-15-5-4-10-24-19(15)25(17(16)18(22)23)13(2)14-6-8-21(9-7-14)28-11-12-29-21/h4-5,10,13-14,18H,3,6-9,11-12H2,1-2H3/t13-/m1/s1. The normalized spacial score (nSPS) is 20.6. The number of fused-ring (bicyclic) bond motifs is 1. The number of hydrogen-bond acceptors (Lipinski definition) is 5. The molecule has 0 aromatic carbocycles. The number of rotatable bonds is 5. The van der Waals surface area contributed by atoms with Crippen molar-refractivity contribution in [3.05, 3.63) is 29.6 Å². The Hall–Kier alpha value is -2.06. The molecule has 0 radical (unpaired) electrons. The predicted octanol–water partition coefficient (Wildman–Crippen LogP) is 4.64. The van der Waals surface area contributed by atoms with Crippen molar-refractivity contribution in [3.63, 3.8) is 0 Å². The molecule has 4 rings (SSSR count). The molecule has 0 unspecified atom stereocenters. The van der Waals surface area contributed by atoms with Gasteiger partial charge in [-0.05, 0) is 44.7 Å². The number of ether oxygens (including phenoxy) is 3. The first kappa shape index (κ1) is 20.2. The first-order valence-corrected chi connectivity index (χ1v) is 10.2. The molecular weight excluding hydrogens is 382 g/mol. The zero-order chi connectivity index (χ0) is 20.6. The molecule has 2 aromatic rings. The maximum atomic E-state index is 14.2. The molecule has 0 N–H and O–H groups in total. The predicted molar refractivity (Wildman–Crippen MR) is 102 cm³/mol. The molecule has 158 valence electrons. The minimum absolute atomic E-state index is 0.0773. The van der Waals surface area contributed by atoms with Crippen molar-refractivity contribution < 1.29 is 27.8 Å². The highest BCUT2D eigenvalue weighted by molar-refractivity contribution is 6.05. The molecule has 1 aliphatic heterocycles. The second kappa shape index (κ2) is 7.99. The number of alkyl halides is 2. The molecule has 1 spiro atoms. The molecule has 3 heterocycles. The first-order valence-electron chi connectivity index (χ1n) is 10.2. The molecule has 1 aliphatic carbocycles. The van der Waals surface area contributed by atoms with E-state index >= 15 is 0 Å². The largest absolute Gasteiger partial charge is 0.462 e. The van der Waals surface area contributed by atoms with E-state index in [1.54, 1.807) is 29.8 Å². The average Bonchev–Trinajstić information content (AvgIpc) is 3.31. The van der Waals surface area contributed by atoms with Crippen molar-refractivity contribution in [1.82, 2.24) is 9.55 Å². The smallest absolute Gasteiger partial charge is 0.340 e. The lowest BCUT2D eigenvalue weighted by Gasteiger charge is -2.38. The van der Waals surface area contributed by atoms with E-state index in [1.807, 2.05) is 6.92 Å². The lowest BCUT2D eigenvalue weighted by atomic mass is 9.81. The van der Waals surface area contributed by atoms with Gasteiger partial charge in [0.15, 0.2) is 5.79 Å². The van der Waals surface area contributed by atoms with Crippen LogP contribution in [0.3, 0.4) is 0 Å². The summed E-state index contributed by atoms with van der Waals surface area (Å²) in [6, 6.07) is 3.05. The number of carbonyl (C=O) groups is 1. The summed E-state index contributed by atoms with van der Waals surface area (Å²) in [5, 5.41) is 0.405. The van der Waals surface area contributed by atoms with Crippen molar-refractivity contribution in [2.75, 3.05) is 19.8 Å². The fourth-order valence-corrected chi connectivity index (χ4v) is 4.76. The summed E-state index contributed by atoms with van der Waals surface area (Å²) < 4.78 is 46.6. The van der Waals surface area contributed by atoms with Gasteiger partial charge in [-0.3, -0.25) is 0 Å². The van der Waals surface area contributed by atoms with Gasteiger partial charge in [0.2, 0.25) is 0 Å². The summed E-state index contributed by atoms with van der Waals surface area (Å²) in [5.41, 5.74) is 0.0110. The second-order valence-corrected chi connectivity index (χ2v) is 7.71. The second-order valence-electron chi connectivity index (χ2n) is 7.71. The maximum absolute atomic E-state index is 14.2. The van der Waals surface area contributed by atoms with Gasteiger partial charge in [0.05, 0.1) is 25.4 Å². The summed E-state index contributed by atoms with van der Waals surface area (Å²) >= 11 is 0. The lowest BCUT2D eigenvalue weighted by molar-refractivity contribution is -0.184. The third kappa shape index (κ3) is 3.53. The van der Waals surface area contributed by atoms with Crippen molar-refractivity contribution in [2.24, 2.45) is 5.92 Å². The van der Waals surface area contributed by atoms with E-state index in [-0.39, 0.29) is 29.8 Å². The van der Waals surface area contributed by atoms with Gasteiger partial charge in [-0.25, -0.2) is 18.6 Å². The van der Waals surface area contributed by atoms with E-state index in [0.717, 1.165) is 25.7 Å². The fourth-order valence-electron chi connectivity index (χ4n) is 4.76. The Kier molecular flexibility index (Phi) is 5.57. The van der Waals surface area contributed by atoms with Gasteiger partial charge in [-0.1, -0.05) is 0 Å². The minimum Gasteiger partial charge on any atom is -0.462 e. The van der Waals surface area contributed by atoms with Crippen molar-refractivity contribution in [1.29, 1.82) is 0 Å². The molecule has 2 aromatic heterocycles. The van der Waals surface area contributed by atoms with Gasteiger partial charge in [-0.15, -0.1) is 0 Å². The summed E-state index contributed by atoms with van der Waals surface area (Å²) in [5.74, 6) is -1.09. The Labute approximate surface area is 168 Å². The van der Waals surface area contributed by atoms with Crippen LogP contribution >= 0.6 is 0 Å². The quantitative estimate of drug-likeness (QED) is 0.674. The zero-order valence-corrected chi connectivity index (χ0v) is 16.7. The van der Waals surface area contributed by atoms with Gasteiger partial charge < -0.3 is 18.8 Å². The van der Waals surface area contributed by atoms with E-state index in [1.165, 1.54) is 0 Å². The van der Waals surface area contributed by atoms with Gasteiger partial charge >= 0.3 is 5.97 Å². The van der Waals surface area contributed by atoms with Crippen molar-refractivity contribution in [2.45, 2.75) is 57.8 Å². The highest BCUT2D eigenvalue weighted by Crippen LogP contribution is 2.44. The van der Waals surface area contributed by atoms with Crippen LogP contribution in [0.5, 0.6) is 0 Å². The Balaban J connectivity index is 1.73. The van der Waals surface area contributed by atoms with Crippen LogP contribution in [-0.4, -0.2) is 41.1 Å². The number of hydrogen-bond donors (Lipinski definition) is 0. The molecule has 1 saturated heterocycles. The van der Waals surface area contributed by atoms with Crippen LogP contribution in [0.25, 0.3) is 11.0 Å². The summed E-state index contributed by atoms with van der Waals surface area (Å²) in [7, 11) is 0. The van der Waals surface area contributed by atoms with Crippen LogP contribution in [0.1, 0.15) is 68.0 Å². The topological polar surface area (TPSA) is 62.6 Å². The Morgan fingerprint density at radius 2 is 2.03 bits per heavy atom. The van der Waals surface area contributed by atoms with Crippen LogP contribution in [0.15, 0.2) is 18.3 Å². The third-order valence-electron chi connectivity index (χ3n) is 6.18. The SMILES string of the molecule is CCOC(=O)c1c(C(F)F)n([C@H](C)C2CCC3(CC2)OCCO3)c2ncccc12. The molecule has 1 atom stereocenters. The molecule has 29 heavy (non-hydrogen) atoms. The Morgan fingerprint density at radius 3 is 2.66 bits per heavy atom. The summed E-state index contributed by atoms with van der Waals surface area (Å²) in [6.07, 6.45) is 1.82. The van der Waals surface area contributed by atoms with Gasteiger partial charge in [-0.2, -0.15) is 0 Å². The Morgan fingerprint density at radius 1 is 1.34 bits per heavy atom. The Bertz CT molecular complexity index is 882. The average molecular weight is 408 g/mol. The third-order valence-corrected chi connectivity index (χ3v) is 6.18. The molecule has 2 aliphatic rings. The molecule has 8 heteroatoms. The van der Waals surface area contributed by atoms with E-state index in [9.17, 15) is 13.6 Å². The van der Waals surface area contributed by atoms with E-state index in [0.29, 0.717) is 24.2 Å². The molecule has 1 saturated carbocycles. The zero-order valence-electron chi connectivity index (χ0n) is 16.7. The van der Waals surface area contributed by atoms with E-state index in [2.05, 4.69) is 4.98 Å². The van der Waals surface area contributed by atoms with Gasteiger partial charge in [0.1, 0.15) is 11.3 Å². The molecule has 0 amide bonds. The molecule has 2 fully saturated rings. The summed E-state index contributed by atoms with van der Waals surface area (Å²) in [6.45, 7) is 4.91. The lowest BCUT2D eigenvalue weighted by Crippen LogP contribution is -2.37. The monoisotopic (exact) mass is 408 g/mol. The number of aromatic nitrogens is 2. The molecule has 6 nitrogen and oxygen atoms in total. The van der Waals surface area contributed by atoms with Gasteiger partial charge in [0.25, 0.3) is 6.43 Å². The van der Waals surface area contributed by atoms with E-state index in [4.69, 9.17) is 14.2 Å². The van der Waals surface area contributed by atoms with Crippen molar-refractivity contribution in [3.8, 4) is 0 Å². The highest BCUT2D eigenvalue weighted by Gasteiger charge is 2.42. The highest BCUT2D eigenvalue weighted by atomic mass is 19.3. The number of esters is 1. The van der Waals surface area contributed by atoms with Crippen LogP contribution in [0, 0.1) is 5.92 Å². The minimum atomic E-state index is -2.82. The van der Waals surface area contributed by atoms with Crippen LogP contribution in [0.2, 0.25) is 0 Å². The van der Waals surface area contributed by atoms with Crippen LogP contribution in [0.4, 0.5) is 8.78 Å². The number of carbonyl (C=O) groups excluding carboxylic acids is 1. The first-order chi connectivity index (χ1) is 14.0. The number of halogens is 2. The van der Waals surface area contributed by atoms with Crippen LogP contribution in [-0.2, 0) is 14.2 Å². The number of pyridine rings is 1. The number of nitrogens with zero attached hydrogens (tertiary/aromatic N) is 2. The fraction of sp³-hybridized carbons (Fsp3) is 0.619. The maximum Gasteiger partial charge on any atom is 0.340 e. The molecular formula is C21H26F2N2O4. The molecule has 0 bridgehead atoms. The summed E-state index contributed by atoms with van der Waals surface area (Å²) in [4.78, 5) is 16.9. The van der Waals surface area contributed by atoms with Crippen molar-refractivity contribution >= 4 is 17.0 Å².